The van der Waals surface area contributed by atoms with Crippen LogP contribution in [-0.4, -0.2) is 63.2 Å². The van der Waals surface area contributed by atoms with Crippen molar-refractivity contribution in [2.75, 3.05) is 0 Å². The third-order valence-corrected chi connectivity index (χ3v) is 2.24. The van der Waals surface area contributed by atoms with Gasteiger partial charge in [-0.15, -0.1) is 0 Å². The lowest BCUT2D eigenvalue weighted by Gasteiger charge is -2.39. The van der Waals surface area contributed by atoms with Crippen molar-refractivity contribution < 1.29 is 34.7 Å². The van der Waals surface area contributed by atoms with Crippen LogP contribution in [0.4, 0.5) is 0 Å². The Bertz CT molecular complexity index is 254. The Morgan fingerprint density at radius 3 is 2.25 bits per heavy atom. The number of aliphatic carboxylic acids is 1. The molecule has 0 aromatic rings. The van der Waals surface area contributed by atoms with E-state index in [1.54, 1.807) is 13.8 Å². The van der Waals surface area contributed by atoms with Crippen LogP contribution in [0.25, 0.3) is 0 Å². The SMILES string of the molecule is CC(C)O[C@@H]1C(C(=O)O)O[C@@H](O)[C@@H](O)[C@H]1O. The van der Waals surface area contributed by atoms with Crippen molar-refractivity contribution in [1.29, 1.82) is 0 Å². The molecule has 94 valence electrons. The Kier molecular flexibility index (Phi) is 4.22. The maximum absolute atomic E-state index is 10.8. The predicted octanol–water partition coefficient (Wildman–Crippen LogP) is -1.70. The quantitative estimate of drug-likeness (QED) is 0.461. The lowest BCUT2D eigenvalue weighted by molar-refractivity contribution is -0.291. The molecule has 1 fully saturated rings. The van der Waals surface area contributed by atoms with Crippen molar-refractivity contribution in [3.05, 3.63) is 0 Å². The molecule has 4 N–H and O–H groups in total. The summed E-state index contributed by atoms with van der Waals surface area (Å²) in [6.45, 7) is 3.31. The number of carboxylic acid groups (broad SMARTS) is 1. The van der Waals surface area contributed by atoms with Gasteiger partial charge in [-0.2, -0.15) is 0 Å². The third kappa shape index (κ3) is 2.69. The fraction of sp³-hybridized carbons (Fsp3) is 0.889. The molecule has 1 heterocycles. The second kappa shape index (κ2) is 5.07. The van der Waals surface area contributed by atoms with Gasteiger partial charge < -0.3 is 29.9 Å². The molecule has 1 saturated heterocycles. The average molecular weight is 236 g/mol. The van der Waals surface area contributed by atoms with Crippen molar-refractivity contribution >= 4 is 5.97 Å². The molecule has 0 bridgehead atoms. The van der Waals surface area contributed by atoms with Crippen LogP contribution in [0.1, 0.15) is 13.8 Å². The van der Waals surface area contributed by atoms with Gasteiger partial charge in [-0.25, -0.2) is 4.79 Å². The van der Waals surface area contributed by atoms with Gasteiger partial charge in [-0.3, -0.25) is 0 Å². The highest BCUT2D eigenvalue weighted by Gasteiger charge is 2.48. The molecule has 0 amide bonds. The summed E-state index contributed by atoms with van der Waals surface area (Å²) in [4.78, 5) is 10.8. The molecule has 1 aliphatic rings. The highest BCUT2D eigenvalue weighted by Crippen LogP contribution is 2.23. The van der Waals surface area contributed by atoms with Gasteiger partial charge >= 0.3 is 5.97 Å². The molecular formula is C9H16O7. The number of rotatable bonds is 3. The molecular weight excluding hydrogens is 220 g/mol. The van der Waals surface area contributed by atoms with E-state index in [2.05, 4.69) is 4.74 Å². The number of hydrogen-bond donors (Lipinski definition) is 4. The molecule has 16 heavy (non-hydrogen) atoms. The minimum absolute atomic E-state index is 0.340. The fourth-order valence-corrected chi connectivity index (χ4v) is 1.52. The van der Waals surface area contributed by atoms with E-state index in [9.17, 15) is 15.0 Å². The zero-order valence-electron chi connectivity index (χ0n) is 8.98. The molecule has 1 aliphatic heterocycles. The molecule has 0 spiro atoms. The van der Waals surface area contributed by atoms with Crippen molar-refractivity contribution in [1.82, 2.24) is 0 Å². The number of hydrogen-bond acceptors (Lipinski definition) is 6. The van der Waals surface area contributed by atoms with Gasteiger partial charge in [0.15, 0.2) is 12.4 Å². The molecule has 1 rings (SSSR count). The van der Waals surface area contributed by atoms with E-state index in [1.807, 2.05) is 0 Å². The van der Waals surface area contributed by atoms with Gasteiger partial charge in [0.25, 0.3) is 0 Å². The topological polar surface area (TPSA) is 116 Å². The molecule has 7 nitrogen and oxygen atoms in total. The third-order valence-electron chi connectivity index (χ3n) is 2.24. The first-order valence-corrected chi connectivity index (χ1v) is 4.92. The highest BCUT2D eigenvalue weighted by molar-refractivity contribution is 5.73. The van der Waals surface area contributed by atoms with Crippen molar-refractivity contribution in [3.8, 4) is 0 Å². The molecule has 0 aliphatic carbocycles. The van der Waals surface area contributed by atoms with Crippen LogP contribution in [0.3, 0.4) is 0 Å². The van der Waals surface area contributed by atoms with Gasteiger partial charge in [0.1, 0.15) is 18.3 Å². The number of carboxylic acids is 1. The maximum atomic E-state index is 10.8. The van der Waals surface area contributed by atoms with Gasteiger partial charge in [0.2, 0.25) is 0 Å². The molecule has 0 aromatic heterocycles. The van der Waals surface area contributed by atoms with E-state index in [-0.39, 0.29) is 6.10 Å². The summed E-state index contributed by atoms with van der Waals surface area (Å²) in [6.07, 6.45) is -7.88. The standard InChI is InChI=1S/C9H16O7/c1-3(2)15-6-4(10)5(11)9(14)16-7(6)8(12)13/h3-7,9-11,14H,1-2H3,(H,12,13)/t4-,5+,6+,7?,9-/m1/s1. The highest BCUT2D eigenvalue weighted by atomic mass is 16.7. The Labute approximate surface area is 92.2 Å². The lowest BCUT2D eigenvalue weighted by Crippen LogP contribution is -2.61. The first-order chi connectivity index (χ1) is 7.34. The fourth-order valence-electron chi connectivity index (χ4n) is 1.52. The summed E-state index contributed by atoms with van der Waals surface area (Å²) in [7, 11) is 0. The summed E-state index contributed by atoms with van der Waals surface area (Å²) in [5, 5.41) is 36.9. The van der Waals surface area contributed by atoms with Crippen LogP contribution >= 0.6 is 0 Å². The second-order valence-corrected chi connectivity index (χ2v) is 3.92. The first kappa shape index (κ1) is 13.3. The zero-order chi connectivity index (χ0) is 12.5. The predicted molar refractivity (Wildman–Crippen MR) is 50.5 cm³/mol. The number of carbonyl (C=O) groups is 1. The van der Waals surface area contributed by atoms with Crippen LogP contribution < -0.4 is 0 Å². The Morgan fingerprint density at radius 2 is 1.81 bits per heavy atom. The van der Waals surface area contributed by atoms with Crippen LogP contribution in [0, 0.1) is 0 Å². The van der Waals surface area contributed by atoms with Gasteiger partial charge in [0.05, 0.1) is 6.10 Å². The van der Waals surface area contributed by atoms with E-state index in [0.29, 0.717) is 0 Å². The molecule has 0 saturated carbocycles. The molecule has 1 unspecified atom stereocenters. The van der Waals surface area contributed by atoms with E-state index in [1.165, 1.54) is 0 Å². The van der Waals surface area contributed by atoms with Crippen LogP contribution in [0.15, 0.2) is 0 Å². The first-order valence-electron chi connectivity index (χ1n) is 4.92. The Morgan fingerprint density at radius 1 is 1.25 bits per heavy atom. The molecule has 7 heteroatoms. The monoisotopic (exact) mass is 236 g/mol. The number of ether oxygens (including phenoxy) is 2. The van der Waals surface area contributed by atoms with E-state index in [4.69, 9.17) is 14.9 Å². The van der Waals surface area contributed by atoms with E-state index >= 15 is 0 Å². The summed E-state index contributed by atoms with van der Waals surface area (Å²) in [5.74, 6) is -1.37. The largest absolute Gasteiger partial charge is 0.479 e. The average Bonchev–Trinajstić information content (AvgIpc) is 2.17. The molecule has 0 radical (unpaired) electrons. The summed E-state index contributed by atoms with van der Waals surface area (Å²) < 4.78 is 9.83. The van der Waals surface area contributed by atoms with Crippen molar-refractivity contribution in [3.63, 3.8) is 0 Å². The van der Waals surface area contributed by atoms with Crippen LogP contribution in [0.2, 0.25) is 0 Å². The second-order valence-electron chi connectivity index (χ2n) is 3.92. The minimum Gasteiger partial charge on any atom is -0.479 e. The van der Waals surface area contributed by atoms with E-state index in [0.717, 1.165) is 0 Å². The van der Waals surface area contributed by atoms with Crippen molar-refractivity contribution in [2.45, 2.75) is 50.7 Å². The summed E-state index contributed by atoms with van der Waals surface area (Å²) in [6, 6.07) is 0. The molecule has 5 atom stereocenters. The van der Waals surface area contributed by atoms with Crippen LogP contribution in [-0.2, 0) is 14.3 Å². The zero-order valence-corrected chi connectivity index (χ0v) is 8.98. The van der Waals surface area contributed by atoms with Crippen LogP contribution in [0.5, 0.6) is 0 Å². The number of aliphatic hydroxyl groups excluding tert-OH is 3. The van der Waals surface area contributed by atoms with E-state index < -0.39 is 36.7 Å². The number of aliphatic hydroxyl groups is 3. The molecule has 0 aromatic carbocycles. The van der Waals surface area contributed by atoms with Crippen molar-refractivity contribution in [2.24, 2.45) is 0 Å². The van der Waals surface area contributed by atoms with Gasteiger partial charge in [-0.05, 0) is 13.8 Å². The van der Waals surface area contributed by atoms with Gasteiger partial charge in [-0.1, -0.05) is 0 Å². The Balaban J connectivity index is 2.84. The summed E-state index contributed by atoms with van der Waals surface area (Å²) in [5.41, 5.74) is 0. The van der Waals surface area contributed by atoms with Gasteiger partial charge in [0, 0.05) is 0 Å². The minimum atomic E-state index is -1.73. The smallest absolute Gasteiger partial charge is 0.335 e. The maximum Gasteiger partial charge on any atom is 0.335 e. The Hall–Kier alpha value is -0.730. The normalized spacial score (nSPS) is 40.0. The summed E-state index contributed by atoms with van der Waals surface area (Å²) >= 11 is 0. The lowest BCUT2D eigenvalue weighted by atomic mass is 9.98.